The van der Waals surface area contributed by atoms with Crippen molar-refractivity contribution in [3.8, 4) is 5.75 Å². The van der Waals surface area contributed by atoms with Crippen LogP contribution in [-0.4, -0.2) is 50.9 Å². The van der Waals surface area contributed by atoms with Crippen LogP contribution in [0.3, 0.4) is 0 Å². The number of methoxy groups -OCH3 is 1. The van der Waals surface area contributed by atoms with Gasteiger partial charge in [0.05, 0.1) is 17.7 Å². The number of sulfonamides is 1. The molecule has 242 valence electrons. The van der Waals surface area contributed by atoms with Crippen molar-refractivity contribution in [3.63, 3.8) is 0 Å². The maximum absolute atomic E-state index is 14.5. The van der Waals surface area contributed by atoms with E-state index in [4.69, 9.17) is 4.74 Å². The van der Waals surface area contributed by atoms with E-state index in [-0.39, 0.29) is 35.5 Å². The molecular weight excluding hydrogens is 605 g/mol. The van der Waals surface area contributed by atoms with Gasteiger partial charge in [0.1, 0.15) is 24.2 Å². The van der Waals surface area contributed by atoms with Crippen LogP contribution in [0.15, 0.2) is 108 Å². The summed E-state index contributed by atoms with van der Waals surface area (Å²) in [5.74, 6) is -1.03. The maximum Gasteiger partial charge on any atom is 0.264 e. The summed E-state index contributed by atoms with van der Waals surface area (Å²) in [4.78, 5) is 29.8. The van der Waals surface area contributed by atoms with Gasteiger partial charge in [0.15, 0.2) is 0 Å². The number of carbonyl (C=O) groups excluding carboxylic acids is 2. The van der Waals surface area contributed by atoms with E-state index >= 15 is 0 Å². The number of anilines is 1. The highest BCUT2D eigenvalue weighted by Gasteiger charge is 2.35. The lowest BCUT2D eigenvalue weighted by atomic mass is 10.0. The van der Waals surface area contributed by atoms with Crippen LogP contribution in [0, 0.1) is 12.7 Å². The Kier molecular flexibility index (Phi) is 11.5. The summed E-state index contributed by atoms with van der Waals surface area (Å²) < 4.78 is 48.3. The van der Waals surface area contributed by atoms with E-state index in [1.807, 2.05) is 75.4 Å². The lowest BCUT2D eigenvalue weighted by Crippen LogP contribution is -2.54. The smallest absolute Gasteiger partial charge is 0.264 e. The third kappa shape index (κ3) is 8.51. The van der Waals surface area contributed by atoms with Gasteiger partial charge in [-0.25, -0.2) is 12.8 Å². The first-order valence-corrected chi connectivity index (χ1v) is 16.6. The molecule has 0 aliphatic carbocycles. The number of carbonyl (C=O) groups is 2. The van der Waals surface area contributed by atoms with Crippen LogP contribution in [0.4, 0.5) is 10.1 Å². The Morgan fingerprint density at radius 3 is 2.13 bits per heavy atom. The summed E-state index contributed by atoms with van der Waals surface area (Å²) in [5, 5.41) is 3.03. The Labute approximate surface area is 270 Å². The minimum Gasteiger partial charge on any atom is -0.497 e. The molecule has 10 heteroatoms. The maximum atomic E-state index is 14.5. The third-order valence-electron chi connectivity index (χ3n) is 7.91. The minimum atomic E-state index is -4.32. The molecule has 2 unspecified atom stereocenters. The van der Waals surface area contributed by atoms with Crippen molar-refractivity contribution < 1.29 is 27.1 Å². The molecule has 4 aromatic rings. The van der Waals surface area contributed by atoms with Crippen LogP contribution >= 0.6 is 0 Å². The van der Waals surface area contributed by atoms with Gasteiger partial charge >= 0.3 is 0 Å². The molecule has 0 fully saturated rings. The largest absolute Gasteiger partial charge is 0.497 e. The molecular formula is C36H40FN3O5S. The van der Waals surface area contributed by atoms with Gasteiger partial charge in [0.2, 0.25) is 11.8 Å². The van der Waals surface area contributed by atoms with E-state index in [9.17, 15) is 22.4 Å². The molecule has 0 bridgehead atoms. The van der Waals surface area contributed by atoms with Gasteiger partial charge in [0, 0.05) is 19.0 Å². The second-order valence-electron chi connectivity index (χ2n) is 11.1. The molecule has 46 heavy (non-hydrogen) atoms. The fraction of sp³-hybridized carbons (Fsp3) is 0.278. The molecule has 4 aromatic carbocycles. The fourth-order valence-corrected chi connectivity index (χ4v) is 6.39. The highest BCUT2D eigenvalue weighted by atomic mass is 32.2. The van der Waals surface area contributed by atoms with Gasteiger partial charge in [-0.3, -0.25) is 13.9 Å². The predicted molar refractivity (Wildman–Crippen MR) is 177 cm³/mol. The molecule has 0 spiro atoms. The highest BCUT2D eigenvalue weighted by Crippen LogP contribution is 2.27. The summed E-state index contributed by atoms with van der Waals surface area (Å²) in [6, 6.07) is 26.5. The molecule has 0 heterocycles. The number of ether oxygens (including phenoxy) is 1. The van der Waals surface area contributed by atoms with E-state index in [1.165, 1.54) is 48.4 Å². The Balaban J connectivity index is 1.81. The van der Waals surface area contributed by atoms with Crippen molar-refractivity contribution in [1.82, 2.24) is 10.2 Å². The van der Waals surface area contributed by atoms with Crippen LogP contribution in [0.1, 0.15) is 37.0 Å². The Bertz CT molecular complexity index is 1720. The van der Waals surface area contributed by atoms with Gasteiger partial charge in [-0.05, 0) is 85.5 Å². The predicted octanol–water partition coefficient (Wildman–Crippen LogP) is 5.89. The second-order valence-corrected chi connectivity index (χ2v) is 13.0. The topological polar surface area (TPSA) is 96.0 Å². The van der Waals surface area contributed by atoms with Crippen molar-refractivity contribution in [2.45, 2.75) is 57.1 Å². The van der Waals surface area contributed by atoms with Gasteiger partial charge in [-0.2, -0.15) is 0 Å². The second kappa shape index (κ2) is 15.5. The van der Waals surface area contributed by atoms with Crippen LogP contribution in [0.25, 0.3) is 0 Å². The summed E-state index contributed by atoms with van der Waals surface area (Å²) in [6.45, 7) is 5.20. The average molecular weight is 646 g/mol. The van der Waals surface area contributed by atoms with Gasteiger partial charge in [-0.1, -0.05) is 61.5 Å². The van der Waals surface area contributed by atoms with Crippen molar-refractivity contribution in [1.29, 1.82) is 0 Å². The first kappa shape index (κ1) is 34.2. The zero-order valence-corrected chi connectivity index (χ0v) is 27.3. The van der Waals surface area contributed by atoms with Crippen LogP contribution in [0.5, 0.6) is 5.75 Å². The van der Waals surface area contributed by atoms with E-state index in [2.05, 4.69) is 5.32 Å². The summed E-state index contributed by atoms with van der Waals surface area (Å²) in [5.41, 5.74) is 2.68. The zero-order valence-electron chi connectivity index (χ0n) is 26.5. The first-order valence-electron chi connectivity index (χ1n) is 15.1. The van der Waals surface area contributed by atoms with Crippen molar-refractivity contribution >= 4 is 27.5 Å². The summed E-state index contributed by atoms with van der Waals surface area (Å²) in [7, 11) is -2.85. The third-order valence-corrected chi connectivity index (χ3v) is 9.70. The van der Waals surface area contributed by atoms with Crippen molar-refractivity contribution in [2.24, 2.45) is 0 Å². The number of nitrogens with zero attached hydrogens (tertiary/aromatic N) is 2. The van der Waals surface area contributed by atoms with Gasteiger partial charge in [-0.15, -0.1) is 0 Å². The Morgan fingerprint density at radius 2 is 1.52 bits per heavy atom. The lowest BCUT2D eigenvalue weighted by molar-refractivity contribution is -0.140. The molecule has 0 radical (unpaired) electrons. The zero-order chi connectivity index (χ0) is 33.3. The molecule has 0 aromatic heterocycles. The van der Waals surface area contributed by atoms with E-state index in [0.717, 1.165) is 33.1 Å². The molecule has 8 nitrogen and oxygen atoms in total. The van der Waals surface area contributed by atoms with Crippen LogP contribution < -0.4 is 14.4 Å². The molecule has 0 saturated carbocycles. The Hall–Kier alpha value is -4.70. The summed E-state index contributed by atoms with van der Waals surface area (Å²) >= 11 is 0. The van der Waals surface area contributed by atoms with Gasteiger partial charge < -0.3 is 15.0 Å². The monoisotopic (exact) mass is 645 g/mol. The minimum absolute atomic E-state index is 0.0662. The first-order chi connectivity index (χ1) is 22.0. The van der Waals surface area contributed by atoms with Gasteiger partial charge in [0.25, 0.3) is 10.0 Å². The van der Waals surface area contributed by atoms with Crippen LogP contribution in [-0.2, 0) is 32.6 Å². The molecule has 2 atom stereocenters. The molecule has 0 aliphatic heterocycles. The number of hydrogen-bond donors (Lipinski definition) is 1. The molecule has 0 aliphatic rings. The van der Waals surface area contributed by atoms with E-state index < -0.39 is 34.3 Å². The normalized spacial score (nSPS) is 12.5. The fourth-order valence-electron chi connectivity index (χ4n) is 4.98. The average Bonchev–Trinajstić information content (AvgIpc) is 3.06. The number of amides is 2. The molecule has 0 saturated heterocycles. The number of hydrogen-bond acceptors (Lipinski definition) is 5. The van der Waals surface area contributed by atoms with E-state index in [0.29, 0.717) is 12.2 Å². The Morgan fingerprint density at radius 1 is 0.891 bits per heavy atom. The quantitative estimate of drug-likeness (QED) is 0.185. The number of rotatable bonds is 14. The molecule has 1 N–H and O–H groups in total. The number of aryl methyl sites for hydroxylation is 1. The lowest BCUT2D eigenvalue weighted by Gasteiger charge is -2.34. The number of nitrogens with one attached hydrogen (secondary N) is 1. The SMILES string of the molecule is CCC(C)NC(=O)C(Cc1ccccc1)N(Cc1ccccc1C)C(=O)CN(c1ccc(F)cc1)S(=O)(=O)c1ccc(OC)cc1. The van der Waals surface area contributed by atoms with Crippen LogP contribution in [0.2, 0.25) is 0 Å². The van der Waals surface area contributed by atoms with Crippen molar-refractivity contribution in [3.05, 3.63) is 126 Å². The van der Waals surface area contributed by atoms with E-state index in [1.54, 1.807) is 0 Å². The standard InChI is InChI=1S/C36H40FN3O5S/c1-5-27(3)38-36(42)34(23-28-12-7-6-8-13-28)39(24-29-14-10-9-11-26(29)2)35(41)25-40(31-17-15-30(37)16-18-31)46(43,44)33-21-19-32(45-4)20-22-33/h6-22,27,34H,5,23-25H2,1-4H3,(H,38,42). The number of halogens is 1. The highest BCUT2D eigenvalue weighted by molar-refractivity contribution is 7.92. The molecule has 4 rings (SSSR count). The molecule has 2 amide bonds. The van der Waals surface area contributed by atoms with Crippen molar-refractivity contribution in [2.75, 3.05) is 18.0 Å². The number of benzene rings is 4. The summed E-state index contributed by atoms with van der Waals surface area (Å²) in [6.07, 6.45) is 0.899.